The van der Waals surface area contributed by atoms with Gasteiger partial charge >= 0.3 is 0 Å². The predicted molar refractivity (Wildman–Crippen MR) is 48.9 cm³/mol. The van der Waals surface area contributed by atoms with E-state index in [4.69, 9.17) is 20.7 Å². The van der Waals surface area contributed by atoms with Crippen LogP contribution in [0.1, 0.15) is 20.8 Å². The molecule has 4 nitrogen and oxygen atoms in total. The molecule has 0 fully saturated rings. The molecule has 0 saturated heterocycles. The maximum atomic E-state index is 8.28. The molecule has 0 saturated carbocycles. The monoisotopic (exact) mass is 179 g/mol. The Labute approximate surface area is 74.3 Å². The highest BCUT2D eigenvalue weighted by Crippen LogP contribution is 1.89. The van der Waals surface area contributed by atoms with Gasteiger partial charge in [0, 0.05) is 12.1 Å². The van der Waals surface area contributed by atoms with Crippen LogP contribution in [-0.2, 0) is 4.74 Å². The highest BCUT2D eigenvalue weighted by Gasteiger charge is 2.05. The van der Waals surface area contributed by atoms with Crippen LogP contribution in [0.3, 0.4) is 0 Å². The highest BCUT2D eigenvalue weighted by atomic mass is 16.5. The zero-order valence-electron chi connectivity index (χ0n) is 8.21. The lowest BCUT2D eigenvalue weighted by atomic mass is 10.1. The van der Waals surface area contributed by atoms with Gasteiger partial charge in [0.25, 0.3) is 0 Å². The molecule has 0 aliphatic rings. The van der Waals surface area contributed by atoms with Gasteiger partial charge in [-0.15, -0.1) is 0 Å². The number of rotatable bonds is 4. The number of hydrogen-bond donors (Lipinski definition) is 3. The molecule has 0 heterocycles. The Kier molecular flexibility index (Phi) is 10.7. The number of nitrogens with two attached hydrogens (primary N) is 1. The number of ether oxygens (including phenoxy) is 1. The fourth-order valence-electron chi connectivity index (χ4n) is 0.209. The standard InChI is InChI=1S/C4H11NO.C4H10O2/c1-4(2,5)3-6;1-2-6-4-3-5/h6H,3,5H2,1-2H3;5H,2-4H2,1H3. The van der Waals surface area contributed by atoms with Crippen molar-refractivity contribution in [3.8, 4) is 0 Å². The quantitative estimate of drug-likeness (QED) is 0.519. The Bertz CT molecular complexity index is 76.9. The van der Waals surface area contributed by atoms with Gasteiger partial charge in [-0.05, 0) is 20.8 Å². The van der Waals surface area contributed by atoms with Crippen LogP contribution in [0.2, 0.25) is 0 Å². The van der Waals surface area contributed by atoms with E-state index in [1.54, 1.807) is 13.8 Å². The van der Waals surface area contributed by atoms with Crippen LogP contribution in [0.25, 0.3) is 0 Å². The van der Waals surface area contributed by atoms with Crippen molar-refractivity contribution >= 4 is 0 Å². The number of aliphatic hydroxyl groups excluding tert-OH is 2. The third-order valence-corrected chi connectivity index (χ3v) is 0.847. The zero-order valence-corrected chi connectivity index (χ0v) is 8.21. The second-order valence-corrected chi connectivity index (χ2v) is 3.07. The maximum Gasteiger partial charge on any atom is 0.0697 e. The molecule has 0 unspecified atom stereocenters. The van der Waals surface area contributed by atoms with E-state index in [0.29, 0.717) is 13.2 Å². The fourth-order valence-corrected chi connectivity index (χ4v) is 0.209. The lowest BCUT2D eigenvalue weighted by Crippen LogP contribution is -2.35. The van der Waals surface area contributed by atoms with Crippen LogP contribution >= 0.6 is 0 Å². The van der Waals surface area contributed by atoms with E-state index in [2.05, 4.69) is 0 Å². The molecule has 4 heteroatoms. The molecule has 4 N–H and O–H groups in total. The third kappa shape index (κ3) is 22.5. The van der Waals surface area contributed by atoms with Crippen molar-refractivity contribution in [2.75, 3.05) is 26.4 Å². The number of aliphatic hydroxyl groups is 2. The first kappa shape index (κ1) is 14.4. The van der Waals surface area contributed by atoms with Gasteiger partial charge in [0.1, 0.15) is 0 Å². The van der Waals surface area contributed by atoms with Gasteiger partial charge in [-0.2, -0.15) is 0 Å². The molecule has 0 spiro atoms. The molecule has 0 aliphatic carbocycles. The largest absolute Gasteiger partial charge is 0.394 e. The summed E-state index contributed by atoms with van der Waals surface area (Å²) in [4.78, 5) is 0. The van der Waals surface area contributed by atoms with Crippen LogP contribution in [0.4, 0.5) is 0 Å². The van der Waals surface area contributed by atoms with Gasteiger partial charge in [0.05, 0.1) is 19.8 Å². The van der Waals surface area contributed by atoms with Crippen LogP contribution in [0.15, 0.2) is 0 Å². The van der Waals surface area contributed by atoms with Crippen molar-refractivity contribution in [2.24, 2.45) is 5.73 Å². The average molecular weight is 179 g/mol. The molecule has 0 aromatic rings. The van der Waals surface area contributed by atoms with E-state index < -0.39 is 5.54 Å². The zero-order chi connectivity index (χ0) is 10.0. The molecule has 0 rings (SSSR count). The Balaban J connectivity index is 0. The van der Waals surface area contributed by atoms with Crippen molar-refractivity contribution in [1.82, 2.24) is 0 Å². The van der Waals surface area contributed by atoms with Gasteiger partial charge < -0.3 is 20.7 Å². The van der Waals surface area contributed by atoms with Crippen molar-refractivity contribution < 1.29 is 14.9 Å². The van der Waals surface area contributed by atoms with Crippen molar-refractivity contribution in [2.45, 2.75) is 26.3 Å². The summed E-state index contributed by atoms with van der Waals surface area (Å²) >= 11 is 0. The third-order valence-electron chi connectivity index (χ3n) is 0.847. The van der Waals surface area contributed by atoms with Gasteiger partial charge in [0.2, 0.25) is 0 Å². The lowest BCUT2D eigenvalue weighted by molar-refractivity contribution is 0.102. The first-order chi connectivity index (χ1) is 5.47. The number of hydrogen-bond acceptors (Lipinski definition) is 4. The molecular formula is C8H21NO3. The Morgan fingerprint density at radius 3 is 1.83 bits per heavy atom. The van der Waals surface area contributed by atoms with Crippen molar-refractivity contribution in [3.05, 3.63) is 0 Å². The SMILES string of the molecule is CC(C)(N)CO.CCOCCO. The summed E-state index contributed by atoms with van der Waals surface area (Å²) in [6.07, 6.45) is 0. The van der Waals surface area contributed by atoms with Crippen molar-refractivity contribution in [1.29, 1.82) is 0 Å². The molecule has 12 heavy (non-hydrogen) atoms. The second kappa shape index (κ2) is 8.93. The summed E-state index contributed by atoms with van der Waals surface area (Å²) in [5, 5.41) is 16.4. The molecule has 0 atom stereocenters. The van der Waals surface area contributed by atoms with E-state index in [1.165, 1.54) is 0 Å². The molecule has 0 aromatic carbocycles. The summed E-state index contributed by atoms with van der Waals surface area (Å²) < 4.78 is 4.73. The summed E-state index contributed by atoms with van der Waals surface area (Å²) in [7, 11) is 0. The normalized spacial score (nSPS) is 10.5. The van der Waals surface area contributed by atoms with Gasteiger partial charge in [-0.3, -0.25) is 0 Å². The second-order valence-electron chi connectivity index (χ2n) is 3.07. The lowest BCUT2D eigenvalue weighted by Gasteiger charge is -2.12. The first-order valence-corrected chi connectivity index (χ1v) is 4.06. The molecule has 0 aliphatic heterocycles. The van der Waals surface area contributed by atoms with Crippen LogP contribution < -0.4 is 5.73 Å². The van der Waals surface area contributed by atoms with E-state index in [0.717, 1.165) is 0 Å². The van der Waals surface area contributed by atoms with E-state index in [1.807, 2.05) is 6.92 Å². The molecule has 0 bridgehead atoms. The van der Waals surface area contributed by atoms with Crippen molar-refractivity contribution in [3.63, 3.8) is 0 Å². The van der Waals surface area contributed by atoms with Crippen LogP contribution in [-0.4, -0.2) is 42.2 Å². The minimum Gasteiger partial charge on any atom is -0.394 e. The summed E-state index contributed by atoms with van der Waals surface area (Å²) in [6, 6.07) is 0. The Hall–Kier alpha value is -0.160. The van der Waals surface area contributed by atoms with Crippen LogP contribution in [0.5, 0.6) is 0 Å². The molecular weight excluding hydrogens is 158 g/mol. The predicted octanol–water partition coefficient (Wildman–Crippen LogP) is -0.269. The molecule has 0 amide bonds. The minimum atomic E-state index is -0.403. The summed E-state index contributed by atoms with van der Waals surface area (Å²) in [5.74, 6) is 0. The highest BCUT2D eigenvalue weighted by molar-refractivity contribution is 4.67. The van der Waals surface area contributed by atoms with Gasteiger partial charge in [-0.25, -0.2) is 0 Å². The van der Waals surface area contributed by atoms with E-state index >= 15 is 0 Å². The topological polar surface area (TPSA) is 75.7 Å². The summed E-state index contributed by atoms with van der Waals surface area (Å²) in [5.41, 5.74) is 4.88. The van der Waals surface area contributed by atoms with E-state index in [9.17, 15) is 0 Å². The van der Waals surface area contributed by atoms with Crippen LogP contribution in [0, 0.1) is 0 Å². The van der Waals surface area contributed by atoms with Gasteiger partial charge in [0.15, 0.2) is 0 Å². The smallest absolute Gasteiger partial charge is 0.0697 e. The minimum absolute atomic E-state index is 0.0486. The molecule has 76 valence electrons. The Morgan fingerprint density at radius 2 is 1.75 bits per heavy atom. The van der Waals surface area contributed by atoms with Gasteiger partial charge in [-0.1, -0.05) is 0 Å². The first-order valence-electron chi connectivity index (χ1n) is 4.06. The molecule has 0 radical (unpaired) electrons. The average Bonchev–Trinajstić information content (AvgIpc) is 2.01. The Morgan fingerprint density at radius 1 is 1.33 bits per heavy atom. The summed E-state index contributed by atoms with van der Waals surface area (Å²) in [6.45, 7) is 6.79. The maximum absolute atomic E-state index is 8.28. The molecule has 0 aromatic heterocycles. The van der Waals surface area contributed by atoms with E-state index in [-0.39, 0.29) is 13.2 Å². The fraction of sp³-hybridized carbons (Fsp3) is 1.00.